The fourth-order valence-corrected chi connectivity index (χ4v) is 2.09. The summed E-state index contributed by atoms with van der Waals surface area (Å²) in [5, 5.41) is 9.26. The maximum Gasteiger partial charge on any atom is 0.313 e. The van der Waals surface area contributed by atoms with Crippen molar-refractivity contribution in [2.75, 3.05) is 12.9 Å². The second kappa shape index (κ2) is 4.62. The van der Waals surface area contributed by atoms with E-state index in [0.29, 0.717) is 16.7 Å². The molecule has 0 aromatic carbocycles. The molecule has 0 bridgehead atoms. The first-order valence-electron chi connectivity index (χ1n) is 4.84. The van der Waals surface area contributed by atoms with Crippen molar-refractivity contribution < 1.29 is 14.6 Å². The van der Waals surface area contributed by atoms with Crippen molar-refractivity contribution in [3.8, 4) is 5.88 Å². The standard InChI is InChI=1S/C10H11N3O3S/c1-13-9-6(3-4-7(12-9)16-2)11-10(13)17-5-8(14)15/h3-4H,5H2,1-2H3,(H,14,15). The molecule has 6 nitrogen and oxygen atoms in total. The van der Waals surface area contributed by atoms with Crippen molar-refractivity contribution in [2.24, 2.45) is 7.05 Å². The Morgan fingerprint density at radius 2 is 2.29 bits per heavy atom. The number of hydrogen-bond donors (Lipinski definition) is 1. The minimum absolute atomic E-state index is 0.0195. The van der Waals surface area contributed by atoms with Crippen LogP contribution < -0.4 is 4.74 Å². The second-order valence-electron chi connectivity index (χ2n) is 3.33. The van der Waals surface area contributed by atoms with Gasteiger partial charge >= 0.3 is 5.97 Å². The number of pyridine rings is 1. The quantitative estimate of drug-likeness (QED) is 0.824. The van der Waals surface area contributed by atoms with Crippen LogP contribution in [0.2, 0.25) is 0 Å². The van der Waals surface area contributed by atoms with Crippen LogP contribution in [0.1, 0.15) is 0 Å². The van der Waals surface area contributed by atoms with Crippen LogP contribution >= 0.6 is 11.8 Å². The van der Waals surface area contributed by atoms with Gasteiger partial charge in [0.25, 0.3) is 0 Å². The number of carboxylic acids is 1. The van der Waals surface area contributed by atoms with E-state index >= 15 is 0 Å². The van der Waals surface area contributed by atoms with Gasteiger partial charge in [-0.05, 0) is 6.07 Å². The number of aromatic nitrogens is 3. The van der Waals surface area contributed by atoms with E-state index < -0.39 is 5.97 Å². The van der Waals surface area contributed by atoms with Gasteiger partial charge in [0.1, 0.15) is 5.52 Å². The molecule has 0 aliphatic heterocycles. The summed E-state index contributed by atoms with van der Waals surface area (Å²) in [5.41, 5.74) is 1.40. The lowest BCUT2D eigenvalue weighted by atomic mass is 10.4. The van der Waals surface area contributed by atoms with Gasteiger partial charge in [-0.3, -0.25) is 4.79 Å². The fraction of sp³-hybridized carbons (Fsp3) is 0.300. The van der Waals surface area contributed by atoms with Gasteiger partial charge in [0.2, 0.25) is 5.88 Å². The third-order valence-electron chi connectivity index (χ3n) is 2.18. The van der Waals surface area contributed by atoms with Crippen molar-refractivity contribution in [2.45, 2.75) is 5.16 Å². The van der Waals surface area contributed by atoms with E-state index in [2.05, 4.69) is 9.97 Å². The molecule has 2 aromatic rings. The van der Waals surface area contributed by atoms with Gasteiger partial charge in [-0.25, -0.2) is 4.98 Å². The molecule has 0 saturated carbocycles. The smallest absolute Gasteiger partial charge is 0.313 e. The highest BCUT2D eigenvalue weighted by molar-refractivity contribution is 7.99. The van der Waals surface area contributed by atoms with Crippen LogP contribution in [-0.2, 0) is 11.8 Å². The van der Waals surface area contributed by atoms with Crippen molar-refractivity contribution >= 4 is 28.9 Å². The maximum atomic E-state index is 10.5. The zero-order chi connectivity index (χ0) is 12.4. The highest BCUT2D eigenvalue weighted by atomic mass is 32.2. The average Bonchev–Trinajstić information content (AvgIpc) is 2.63. The first kappa shape index (κ1) is 11.7. The van der Waals surface area contributed by atoms with Crippen LogP contribution in [-0.4, -0.2) is 38.5 Å². The number of ether oxygens (including phenoxy) is 1. The van der Waals surface area contributed by atoms with Gasteiger partial charge in [0, 0.05) is 13.1 Å². The molecule has 0 amide bonds. The van der Waals surface area contributed by atoms with E-state index in [1.54, 1.807) is 30.9 Å². The normalized spacial score (nSPS) is 10.7. The van der Waals surface area contributed by atoms with Crippen LogP contribution in [0.15, 0.2) is 17.3 Å². The molecule has 1 N–H and O–H groups in total. The monoisotopic (exact) mass is 253 g/mol. The minimum Gasteiger partial charge on any atom is -0.481 e. The molecule has 0 saturated heterocycles. The molecule has 2 rings (SSSR count). The van der Waals surface area contributed by atoms with Crippen LogP contribution in [0.5, 0.6) is 5.88 Å². The number of imidazole rings is 1. The molecular weight excluding hydrogens is 242 g/mol. The molecule has 17 heavy (non-hydrogen) atoms. The molecule has 0 aliphatic rings. The lowest BCUT2D eigenvalue weighted by Crippen LogP contribution is -2.00. The summed E-state index contributed by atoms with van der Waals surface area (Å²) < 4.78 is 6.79. The predicted molar refractivity (Wildman–Crippen MR) is 63.4 cm³/mol. The summed E-state index contributed by atoms with van der Waals surface area (Å²) in [5.74, 6) is -0.378. The Morgan fingerprint density at radius 1 is 1.53 bits per heavy atom. The van der Waals surface area contributed by atoms with Crippen LogP contribution in [0.25, 0.3) is 11.2 Å². The first-order valence-corrected chi connectivity index (χ1v) is 5.82. The molecule has 0 atom stereocenters. The van der Waals surface area contributed by atoms with Crippen molar-refractivity contribution in [1.82, 2.24) is 14.5 Å². The van der Waals surface area contributed by atoms with Gasteiger partial charge in [-0.1, -0.05) is 11.8 Å². The van der Waals surface area contributed by atoms with Crippen LogP contribution in [0.4, 0.5) is 0 Å². The number of hydrogen-bond acceptors (Lipinski definition) is 5. The van der Waals surface area contributed by atoms with Crippen molar-refractivity contribution in [3.05, 3.63) is 12.1 Å². The Hall–Kier alpha value is -1.76. The van der Waals surface area contributed by atoms with E-state index in [4.69, 9.17) is 9.84 Å². The molecule has 7 heteroatoms. The molecule has 2 heterocycles. The van der Waals surface area contributed by atoms with Crippen LogP contribution in [0, 0.1) is 0 Å². The maximum absolute atomic E-state index is 10.5. The molecule has 2 aromatic heterocycles. The predicted octanol–water partition coefficient (Wildman–Crippen LogP) is 1.15. The number of nitrogens with zero attached hydrogens (tertiary/aromatic N) is 3. The van der Waals surface area contributed by atoms with Gasteiger partial charge < -0.3 is 14.4 Å². The van der Waals surface area contributed by atoms with Gasteiger partial charge in [-0.2, -0.15) is 4.98 Å². The summed E-state index contributed by atoms with van der Waals surface area (Å²) in [7, 11) is 3.34. The van der Waals surface area contributed by atoms with E-state index in [-0.39, 0.29) is 5.75 Å². The zero-order valence-corrected chi connectivity index (χ0v) is 10.2. The summed E-state index contributed by atoms with van der Waals surface area (Å²) in [6.07, 6.45) is 0. The minimum atomic E-state index is -0.868. The number of carbonyl (C=O) groups is 1. The molecule has 0 spiro atoms. The topological polar surface area (TPSA) is 77.2 Å². The lowest BCUT2D eigenvalue weighted by Gasteiger charge is -2.00. The summed E-state index contributed by atoms with van der Waals surface area (Å²) in [4.78, 5) is 19.1. The number of fused-ring (bicyclic) bond motifs is 1. The van der Waals surface area contributed by atoms with Crippen molar-refractivity contribution in [1.29, 1.82) is 0 Å². The Kier molecular flexibility index (Phi) is 3.19. The molecular formula is C10H11N3O3S. The number of aryl methyl sites for hydroxylation is 1. The van der Waals surface area contributed by atoms with Gasteiger partial charge in [-0.15, -0.1) is 0 Å². The van der Waals surface area contributed by atoms with E-state index in [0.717, 1.165) is 5.52 Å². The lowest BCUT2D eigenvalue weighted by molar-refractivity contribution is -0.133. The Balaban J connectivity index is 2.38. The summed E-state index contributed by atoms with van der Waals surface area (Å²) in [6, 6.07) is 3.52. The molecule has 90 valence electrons. The second-order valence-corrected chi connectivity index (χ2v) is 4.27. The van der Waals surface area contributed by atoms with E-state index in [9.17, 15) is 4.79 Å². The Labute approximate surface area is 102 Å². The van der Waals surface area contributed by atoms with Crippen LogP contribution in [0.3, 0.4) is 0 Å². The molecule has 0 radical (unpaired) electrons. The fourth-order valence-electron chi connectivity index (χ4n) is 1.40. The number of methoxy groups -OCH3 is 1. The SMILES string of the molecule is COc1ccc2nc(SCC(=O)O)n(C)c2n1. The molecule has 0 unspecified atom stereocenters. The van der Waals surface area contributed by atoms with Gasteiger partial charge in [0.15, 0.2) is 10.8 Å². The number of carboxylic acid groups (broad SMARTS) is 1. The Bertz CT molecular complexity index is 567. The van der Waals surface area contributed by atoms with E-state index in [1.807, 2.05) is 0 Å². The molecule has 0 aliphatic carbocycles. The summed E-state index contributed by atoms with van der Waals surface area (Å²) in [6.45, 7) is 0. The van der Waals surface area contributed by atoms with Gasteiger partial charge in [0.05, 0.1) is 12.9 Å². The third kappa shape index (κ3) is 2.33. The number of thioether (sulfide) groups is 1. The Morgan fingerprint density at radius 3 is 2.94 bits per heavy atom. The highest BCUT2D eigenvalue weighted by Crippen LogP contribution is 2.23. The van der Waals surface area contributed by atoms with E-state index in [1.165, 1.54) is 11.8 Å². The molecule has 0 fully saturated rings. The zero-order valence-electron chi connectivity index (χ0n) is 9.38. The first-order chi connectivity index (χ1) is 8.11. The third-order valence-corrected chi connectivity index (χ3v) is 3.20. The highest BCUT2D eigenvalue weighted by Gasteiger charge is 2.11. The van der Waals surface area contributed by atoms with Crippen molar-refractivity contribution in [3.63, 3.8) is 0 Å². The number of rotatable bonds is 4. The number of aliphatic carboxylic acids is 1. The summed E-state index contributed by atoms with van der Waals surface area (Å²) >= 11 is 1.17. The largest absolute Gasteiger partial charge is 0.481 e. The average molecular weight is 253 g/mol.